The van der Waals surface area contributed by atoms with Crippen molar-refractivity contribution in [2.24, 2.45) is 5.92 Å². The SMILES string of the molecule is c1cc2oc(C3CC3)nc2cc1CC1CCCNC1. The molecule has 1 aromatic carbocycles. The van der Waals surface area contributed by atoms with Crippen LogP contribution in [0.4, 0.5) is 0 Å². The lowest BCUT2D eigenvalue weighted by Gasteiger charge is -2.22. The van der Waals surface area contributed by atoms with E-state index in [9.17, 15) is 0 Å². The third-order valence-electron chi connectivity index (χ3n) is 4.32. The van der Waals surface area contributed by atoms with Crippen LogP contribution < -0.4 is 5.32 Å². The summed E-state index contributed by atoms with van der Waals surface area (Å²) in [6, 6.07) is 6.53. The minimum atomic E-state index is 0.596. The first-order chi connectivity index (χ1) is 9.38. The second-order valence-electron chi connectivity index (χ2n) is 6.04. The summed E-state index contributed by atoms with van der Waals surface area (Å²) in [5, 5.41) is 3.49. The van der Waals surface area contributed by atoms with Gasteiger partial charge in [0, 0.05) is 5.92 Å². The molecule has 1 saturated carbocycles. The molecule has 1 aliphatic carbocycles. The zero-order valence-electron chi connectivity index (χ0n) is 11.2. The van der Waals surface area contributed by atoms with Gasteiger partial charge in [0.1, 0.15) is 5.52 Å². The van der Waals surface area contributed by atoms with Crippen molar-refractivity contribution in [2.75, 3.05) is 13.1 Å². The highest BCUT2D eigenvalue weighted by molar-refractivity contribution is 5.73. The number of aromatic nitrogens is 1. The number of benzene rings is 1. The summed E-state index contributed by atoms with van der Waals surface area (Å²) in [5.41, 5.74) is 3.40. The Labute approximate surface area is 113 Å². The molecule has 2 aliphatic rings. The Balaban J connectivity index is 1.56. The molecule has 19 heavy (non-hydrogen) atoms. The Morgan fingerprint density at radius 3 is 3.00 bits per heavy atom. The Bertz CT molecular complexity index is 579. The highest BCUT2D eigenvalue weighted by Crippen LogP contribution is 2.40. The number of hydrogen-bond donors (Lipinski definition) is 1. The van der Waals surface area contributed by atoms with E-state index in [0.717, 1.165) is 35.9 Å². The highest BCUT2D eigenvalue weighted by Gasteiger charge is 2.28. The van der Waals surface area contributed by atoms with Crippen LogP contribution in [0.3, 0.4) is 0 Å². The van der Waals surface area contributed by atoms with E-state index in [1.54, 1.807) is 0 Å². The van der Waals surface area contributed by atoms with Crippen LogP contribution >= 0.6 is 0 Å². The van der Waals surface area contributed by atoms with Crippen molar-refractivity contribution in [2.45, 2.75) is 38.0 Å². The van der Waals surface area contributed by atoms with Gasteiger partial charge in [0.05, 0.1) is 0 Å². The zero-order chi connectivity index (χ0) is 12.7. The van der Waals surface area contributed by atoms with Crippen LogP contribution in [0.2, 0.25) is 0 Å². The topological polar surface area (TPSA) is 38.1 Å². The summed E-state index contributed by atoms with van der Waals surface area (Å²) in [6.45, 7) is 2.34. The molecule has 0 bridgehead atoms. The van der Waals surface area contributed by atoms with Crippen molar-refractivity contribution in [1.29, 1.82) is 0 Å². The number of nitrogens with one attached hydrogen (secondary N) is 1. The second-order valence-corrected chi connectivity index (χ2v) is 6.04. The van der Waals surface area contributed by atoms with Crippen LogP contribution in [0, 0.1) is 5.92 Å². The molecule has 2 heterocycles. The molecule has 100 valence electrons. The first kappa shape index (κ1) is 11.5. The number of piperidine rings is 1. The van der Waals surface area contributed by atoms with E-state index in [2.05, 4.69) is 28.5 Å². The van der Waals surface area contributed by atoms with E-state index < -0.39 is 0 Å². The lowest BCUT2D eigenvalue weighted by atomic mass is 9.92. The summed E-state index contributed by atoms with van der Waals surface area (Å²) < 4.78 is 5.81. The highest BCUT2D eigenvalue weighted by atomic mass is 16.3. The average molecular weight is 256 g/mol. The third kappa shape index (κ3) is 2.39. The number of rotatable bonds is 3. The normalized spacial score (nSPS) is 23.9. The van der Waals surface area contributed by atoms with Crippen molar-refractivity contribution in [3.8, 4) is 0 Å². The summed E-state index contributed by atoms with van der Waals surface area (Å²) in [6.07, 6.45) is 6.30. The van der Waals surface area contributed by atoms with Crippen molar-refractivity contribution in [3.05, 3.63) is 29.7 Å². The lowest BCUT2D eigenvalue weighted by Crippen LogP contribution is -2.30. The van der Waals surface area contributed by atoms with E-state index in [4.69, 9.17) is 4.42 Å². The van der Waals surface area contributed by atoms with Gasteiger partial charge in [-0.15, -0.1) is 0 Å². The number of nitrogens with zero attached hydrogens (tertiary/aromatic N) is 1. The summed E-state index contributed by atoms with van der Waals surface area (Å²) in [7, 11) is 0. The molecular weight excluding hydrogens is 236 g/mol. The van der Waals surface area contributed by atoms with Gasteiger partial charge in [-0.3, -0.25) is 0 Å². The van der Waals surface area contributed by atoms with Gasteiger partial charge in [-0.2, -0.15) is 0 Å². The van der Waals surface area contributed by atoms with Crippen LogP contribution in [0.15, 0.2) is 22.6 Å². The minimum absolute atomic E-state index is 0.596. The minimum Gasteiger partial charge on any atom is -0.440 e. The zero-order valence-corrected chi connectivity index (χ0v) is 11.2. The maximum atomic E-state index is 5.81. The van der Waals surface area contributed by atoms with Gasteiger partial charge in [0.2, 0.25) is 0 Å². The van der Waals surface area contributed by atoms with E-state index in [1.165, 1.54) is 37.8 Å². The molecule has 2 fully saturated rings. The van der Waals surface area contributed by atoms with Gasteiger partial charge < -0.3 is 9.73 Å². The van der Waals surface area contributed by atoms with E-state index in [1.807, 2.05) is 0 Å². The Morgan fingerprint density at radius 2 is 2.21 bits per heavy atom. The fraction of sp³-hybridized carbons (Fsp3) is 0.562. The second kappa shape index (κ2) is 4.64. The fourth-order valence-corrected chi connectivity index (χ4v) is 3.05. The van der Waals surface area contributed by atoms with Gasteiger partial charge in [0.25, 0.3) is 0 Å². The molecule has 0 amide bonds. The monoisotopic (exact) mass is 256 g/mol. The smallest absolute Gasteiger partial charge is 0.198 e. The lowest BCUT2D eigenvalue weighted by molar-refractivity contribution is 0.376. The largest absolute Gasteiger partial charge is 0.440 e. The molecule has 1 unspecified atom stereocenters. The van der Waals surface area contributed by atoms with E-state index in [0.29, 0.717) is 5.92 Å². The summed E-state index contributed by atoms with van der Waals surface area (Å²) in [4.78, 5) is 4.65. The van der Waals surface area contributed by atoms with Crippen molar-refractivity contribution < 1.29 is 4.42 Å². The van der Waals surface area contributed by atoms with Crippen molar-refractivity contribution in [1.82, 2.24) is 10.3 Å². The molecule has 3 nitrogen and oxygen atoms in total. The van der Waals surface area contributed by atoms with Crippen LogP contribution in [0.25, 0.3) is 11.1 Å². The first-order valence-electron chi connectivity index (χ1n) is 7.48. The van der Waals surface area contributed by atoms with Crippen molar-refractivity contribution in [3.63, 3.8) is 0 Å². The van der Waals surface area contributed by atoms with Crippen LogP contribution in [0.1, 0.15) is 43.1 Å². The Kier molecular flexibility index (Phi) is 2.80. The van der Waals surface area contributed by atoms with Gasteiger partial charge >= 0.3 is 0 Å². The number of hydrogen-bond acceptors (Lipinski definition) is 3. The van der Waals surface area contributed by atoms with Gasteiger partial charge in [-0.1, -0.05) is 6.07 Å². The summed E-state index contributed by atoms with van der Waals surface area (Å²) in [5.74, 6) is 2.32. The molecule has 0 radical (unpaired) electrons. The standard InChI is InChI=1S/C16H20N2O/c1-2-12(10-17-7-1)8-11-3-6-15-14(9-11)18-16(19-15)13-4-5-13/h3,6,9,12-13,17H,1-2,4-5,7-8,10H2. The molecule has 4 rings (SSSR count). The molecule has 1 atom stereocenters. The Hall–Kier alpha value is -1.35. The molecule has 3 heteroatoms. The van der Waals surface area contributed by atoms with Crippen molar-refractivity contribution >= 4 is 11.1 Å². The maximum absolute atomic E-state index is 5.81. The molecule has 1 aliphatic heterocycles. The number of fused-ring (bicyclic) bond motifs is 1. The molecule has 1 N–H and O–H groups in total. The predicted octanol–water partition coefficient (Wildman–Crippen LogP) is 3.25. The molecule has 1 aromatic heterocycles. The molecule has 1 saturated heterocycles. The van der Waals surface area contributed by atoms with Gasteiger partial charge in [-0.25, -0.2) is 4.98 Å². The molecule has 0 spiro atoms. The predicted molar refractivity (Wildman–Crippen MR) is 75.3 cm³/mol. The maximum Gasteiger partial charge on any atom is 0.198 e. The van der Waals surface area contributed by atoms with E-state index >= 15 is 0 Å². The molecule has 2 aromatic rings. The summed E-state index contributed by atoms with van der Waals surface area (Å²) >= 11 is 0. The van der Waals surface area contributed by atoms with Crippen LogP contribution in [-0.4, -0.2) is 18.1 Å². The van der Waals surface area contributed by atoms with Crippen LogP contribution in [-0.2, 0) is 6.42 Å². The third-order valence-corrected chi connectivity index (χ3v) is 4.32. The Morgan fingerprint density at radius 1 is 1.26 bits per heavy atom. The number of oxazole rings is 1. The van der Waals surface area contributed by atoms with Gasteiger partial charge in [0.15, 0.2) is 11.5 Å². The molecular formula is C16H20N2O. The first-order valence-corrected chi connectivity index (χ1v) is 7.48. The van der Waals surface area contributed by atoms with Gasteiger partial charge in [-0.05, 0) is 68.8 Å². The average Bonchev–Trinajstić information content (AvgIpc) is 3.20. The fourth-order valence-electron chi connectivity index (χ4n) is 3.05. The van der Waals surface area contributed by atoms with E-state index in [-0.39, 0.29) is 0 Å². The van der Waals surface area contributed by atoms with Crippen LogP contribution in [0.5, 0.6) is 0 Å². The quantitative estimate of drug-likeness (QED) is 0.916.